The lowest BCUT2D eigenvalue weighted by atomic mass is 9.75. The number of nitro groups is 1. The molecule has 1 atom stereocenters. The Bertz CT molecular complexity index is 839. The van der Waals surface area contributed by atoms with E-state index in [-0.39, 0.29) is 6.61 Å². The van der Waals surface area contributed by atoms with E-state index in [9.17, 15) is 29.2 Å². The summed E-state index contributed by atoms with van der Waals surface area (Å²) < 4.78 is 19.4. The van der Waals surface area contributed by atoms with E-state index >= 15 is 0 Å². The van der Waals surface area contributed by atoms with Gasteiger partial charge in [-0.25, -0.2) is 4.39 Å². The predicted octanol–water partition coefficient (Wildman–Crippen LogP) is 1.53. The molecule has 0 amide bonds. The van der Waals surface area contributed by atoms with Gasteiger partial charge < -0.3 is 14.6 Å². The largest absolute Gasteiger partial charge is 0.549 e. The number of halogens is 1. The van der Waals surface area contributed by atoms with E-state index in [1.807, 2.05) is 0 Å². The fraction of sp³-hybridized carbons (Fsp3) is 0.222. The second-order valence-electron chi connectivity index (χ2n) is 5.50. The maximum absolute atomic E-state index is 14.6. The Kier molecular flexibility index (Phi) is 5.66. The highest BCUT2D eigenvalue weighted by Gasteiger charge is 2.46. The highest BCUT2D eigenvalue weighted by atomic mass is 19.1. The number of hydrogen-bond acceptors (Lipinski definition) is 6. The molecule has 0 radical (unpaired) electrons. The summed E-state index contributed by atoms with van der Waals surface area (Å²) >= 11 is 0. The zero-order valence-corrected chi connectivity index (χ0v) is 13.8. The molecule has 0 saturated heterocycles. The maximum Gasteiger partial charge on any atom is 0.322 e. The first-order chi connectivity index (χ1) is 12.3. The van der Waals surface area contributed by atoms with Gasteiger partial charge in [-0.1, -0.05) is 30.3 Å². The molecule has 2 aromatic rings. The number of nitrogens with zero attached hydrogens (tertiary/aromatic N) is 1. The van der Waals surface area contributed by atoms with E-state index in [4.69, 9.17) is 4.74 Å². The van der Waals surface area contributed by atoms with Gasteiger partial charge >= 0.3 is 5.97 Å². The zero-order valence-electron chi connectivity index (χ0n) is 13.8. The zero-order chi connectivity index (χ0) is 19.3. The average Bonchev–Trinajstić information content (AvgIpc) is 2.60. The van der Waals surface area contributed by atoms with Crippen LogP contribution < -0.4 is 5.11 Å². The minimum Gasteiger partial charge on any atom is -0.549 e. The Labute approximate surface area is 148 Å². The molecule has 0 aliphatic rings. The summed E-state index contributed by atoms with van der Waals surface area (Å²) in [4.78, 5) is 34.5. The van der Waals surface area contributed by atoms with Crippen LogP contribution in [0, 0.1) is 15.9 Å². The molecule has 0 aliphatic carbocycles. The number of rotatable bonds is 7. The van der Waals surface area contributed by atoms with Crippen molar-refractivity contribution in [2.45, 2.75) is 18.8 Å². The van der Waals surface area contributed by atoms with Crippen LogP contribution in [0.2, 0.25) is 0 Å². The third-order valence-electron chi connectivity index (χ3n) is 3.91. The fourth-order valence-electron chi connectivity index (χ4n) is 2.66. The van der Waals surface area contributed by atoms with Crippen LogP contribution >= 0.6 is 0 Å². The number of carboxylic acids is 1. The Balaban J connectivity index is 2.68. The molecule has 2 aromatic carbocycles. The molecule has 1 unspecified atom stereocenters. The van der Waals surface area contributed by atoms with Crippen molar-refractivity contribution in [1.82, 2.24) is 0 Å². The topological polar surface area (TPSA) is 110 Å². The minimum atomic E-state index is -2.48. The summed E-state index contributed by atoms with van der Waals surface area (Å²) in [5.41, 5.74) is -3.16. The molecule has 0 aromatic heterocycles. The van der Waals surface area contributed by atoms with Crippen molar-refractivity contribution in [1.29, 1.82) is 0 Å². The van der Waals surface area contributed by atoms with Crippen molar-refractivity contribution >= 4 is 17.6 Å². The van der Waals surface area contributed by atoms with Gasteiger partial charge in [0.15, 0.2) is 0 Å². The number of carbonyl (C=O) groups is 2. The molecular weight excluding hydrogens is 345 g/mol. The van der Waals surface area contributed by atoms with Gasteiger partial charge in [0.25, 0.3) is 5.69 Å². The number of aliphatic carboxylic acids is 1. The highest BCUT2D eigenvalue weighted by molar-refractivity contribution is 6.05. The molecule has 0 bridgehead atoms. The molecule has 136 valence electrons. The lowest BCUT2D eigenvalue weighted by Crippen LogP contribution is -2.54. The van der Waals surface area contributed by atoms with Crippen LogP contribution in [0.15, 0.2) is 48.5 Å². The number of esters is 1. The van der Waals surface area contributed by atoms with Crippen molar-refractivity contribution in [3.05, 3.63) is 75.6 Å². The molecule has 7 nitrogen and oxygen atoms in total. The molecule has 2 rings (SSSR count). The number of non-ortho nitro benzene ring substituents is 1. The number of benzene rings is 2. The summed E-state index contributed by atoms with van der Waals surface area (Å²) in [6, 6.07) is 10.5. The lowest BCUT2D eigenvalue weighted by molar-refractivity contribution is -0.385. The highest BCUT2D eigenvalue weighted by Crippen LogP contribution is 2.33. The van der Waals surface area contributed by atoms with Crippen molar-refractivity contribution < 1.29 is 28.7 Å². The Morgan fingerprint density at radius 2 is 1.85 bits per heavy atom. The standard InChI is InChI=1S/C18H16FNO6/c1-2-26-17(23)18(16(21)22,11-12-6-4-3-5-7-12)14-9-8-13(20(24)25)10-15(14)19/h3-10H,2,11H2,1H3,(H,21,22)/p-1. The molecule has 0 saturated carbocycles. The first-order valence-electron chi connectivity index (χ1n) is 7.70. The van der Waals surface area contributed by atoms with Crippen molar-refractivity contribution in [3.63, 3.8) is 0 Å². The number of hydrogen-bond donors (Lipinski definition) is 0. The van der Waals surface area contributed by atoms with Gasteiger partial charge in [-0.05, 0) is 25.0 Å². The second-order valence-corrected chi connectivity index (χ2v) is 5.50. The summed E-state index contributed by atoms with van der Waals surface area (Å²) in [6.07, 6.45) is -0.427. The molecule has 0 fully saturated rings. The second kappa shape index (κ2) is 7.73. The van der Waals surface area contributed by atoms with Crippen molar-refractivity contribution in [3.8, 4) is 0 Å². The van der Waals surface area contributed by atoms with Crippen molar-refractivity contribution in [2.24, 2.45) is 0 Å². The quantitative estimate of drug-likeness (QED) is 0.320. The van der Waals surface area contributed by atoms with Gasteiger partial charge in [-0.2, -0.15) is 0 Å². The molecule has 0 N–H and O–H groups in total. The van der Waals surface area contributed by atoms with Gasteiger partial charge in [0.1, 0.15) is 11.2 Å². The Morgan fingerprint density at radius 1 is 1.19 bits per heavy atom. The number of carbonyl (C=O) groups excluding carboxylic acids is 2. The number of nitro benzene ring substituents is 1. The summed E-state index contributed by atoms with van der Waals surface area (Å²) in [5, 5.41) is 22.8. The molecule has 26 heavy (non-hydrogen) atoms. The van der Waals surface area contributed by atoms with Crippen LogP contribution in [0.5, 0.6) is 0 Å². The van der Waals surface area contributed by atoms with Crippen LogP contribution in [0.25, 0.3) is 0 Å². The van der Waals surface area contributed by atoms with Crippen molar-refractivity contribution in [2.75, 3.05) is 6.61 Å². The van der Waals surface area contributed by atoms with Gasteiger partial charge in [0.2, 0.25) is 0 Å². The Hall–Kier alpha value is -3.29. The van der Waals surface area contributed by atoms with Gasteiger partial charge in [0, 0.05) is 11.6 Å². The maximum atomic E-state index is 14.6. The monoisotopic (exact) mass is 360 g/mol. The van der Waals surface area contributed by atoms with Crippen LogP contribution in [-0.4, -0.2) is 23.5 Å². The van der Waals surface area contributed by atoms with Crippen LogP contribution in [0.3, 0.4) is 0 Å². The first-order valence-corrected chi connectivity index (χ1v) is 7.70. The summed E-state index contributed by atoms with van der Waals surface area (Å²) in [5.74, 6) is -4.25. The number of ether oxygens (including phenoxy) is 1. The molecule has 0 heterocycles. The van der Waals surface area contributed by atoms with Gasteiger partial charge in [-0.3, -0.25) is 14.9 Å². The predicted molar refractivity (Wildman–Crippen MR) is 86.5 cm³/mol. The molecular formula is C18H15FNO6-. The third-order valence-corrected chi connectivity index (χ3v) is 3.91. The van der Waals surface area contributed by atoms with E-state index in [2.05, 4.69) is 0 Å². The lowest BCUT2D eigenvalue weighted by Gasteiger charge is -2.33. The van der Waals surface area contributed by atoms with E-state index < -0.39 is 45.8 Å². The van der Waals surface area contributed by atoms with Crippen LogP contribution in [0.1, 0.15) is 18.1 Å². The van der Waals surface area contributed by atoms with E-state index in [1.165, 1.54) is 6.92 Å². The molecule has 8 heteroatoms. The third kappa shape index (κ3) is 3.53. The van der Waals surface area contributed by atoms with Gasteiger partial charge in [0.05, 0.1) is 23.6 Å². The minimum absolute atomic E-state index is 0.128. The summed E-state index contributed by atoms with van der Waals surface area (Å²) in [7, 11) is 0. The summed E-state index contributed by atoms with van der Waals surface area (Å²) in [6.45, 7) is 1.35. The van der Waals surface area contributed by atoms with Gasteiger partial charge in [-0.15, -0.1) is 0 Å². The van der Waals surface area contributed by atoms with Crippen LogP contribution in [-0.2, 0) is 26.2 Å². The normalized spacial score (nSPS) is 12.8. The molecule has 0 spiro atoms. The van der Waals surface area contributed by atoms with E-state index in [0.717, 1.165) is 12.1 Å². The van der Waals surface area contributed by atoms with E-state index in [0.29, 0.717) is 11.6 Å². The smallest absolute Gasteiger partial charge is 0.322 e. The first kappa shape index (κ1) is 19.0. The molecule has 0 aliphatic heterocycles. The van der Waals surface area contributed by atoms with Crippen LogP contribution in [0.4, 0.5) is 10.1 Å². The Morgan fingerprint density at radius 3 is 2.35 bits per heavy atom. The fourth-order valence-corrected chi connectivity index (χ4v) is 2.66. The SMILES string of the molecule is CCOC(=O)C(Cc1ccccc1)(C(=O)[O-])c1ccc([N+](=O)[O-])cc1F. The average molecular weight is 360 g/mol. The van der Waals surface area contributed by atoms with E-state index in [1.54, 1.807) is 30.3 Å². The number of carboxylic acid groups (broad SMARTS) is 1.